The van der Waals surface area contributed by atoms with Crippen molar-refractivity contribution < 1.29 is 0 Å². The summed E-state index contributed by atoms with van der Waals surface area (Å²) in [4.78, 5) is 0. The van der Waals surface area contributed by atoms with Crippen LogP contribution < -0.4 is 0 Å². The molecule has 0 aliphatic heterocycles. The zero-order valence-electron chi connectivity index (χ0n) is 18.8. The molecule has 152 valence electrons. The predicted molar refractivity (Wildman–Crippen MR) is 118 cm³/mol. The van der Waals surface area contributed by atoms with Gasteiger partial charge in [-0.25, -0.2) is 0 Å². The van der Waals surface area contributed by atoms with Crippen LogP contribution in [0.5, 0.6) is 0 Å². The largest absolute Gasteiger partial charge is 0.0859 e. The molecular formula is C27H44. The van der Waals surface area contributed by atoms with Crippen LogP contribution in [0.15, 0.2) is 23.3 Å². The lowest BCUT2D eigenvalue weighted by Crippen LogP contribution is -2.48. The minimum Gasteiger partial charge on any atom is -0.0859 e. The Morgan fingerprint density at radius 3 is 2.59 bits per heavy atom. The fourth-order valence-electron chi connectivity index (χ4n) is 8.36. The molecular weight excluding hydrogens is 324 g/mol. The molecule has 0 heteroatoms. The molecule has 0 amide bonds. The summed E-state index contributed by atoms with van der Waals surface area (Å²) in [5, 5.41) is 0. The average Bonchev–Trinajstić information content (AvgIpc) is 2.98. The topological polar surface area (TPSA) is 0 Å². The van der Waals surface area contributed by atoms with Gasteiger partial charge < -0.3 is 0 Å². The maximum atomic E-state index is 2.78. The van der Waals surface area contributed by atoms with Gasteiger partial charge in [0.2, 0.25) is 0 Å². The van der Waals surface area contributed by atoms with Crippen LogP contribution in [0.2, 0.25) is 0 Å². The minimum atomic E-state index is 0.588. The van der Waals surface area contributed by atoms with E-state index in [9.17, 15) is 0 Å². The Balaban J connectivity index is 1.52. The van der Waals surface area contributed by atoms with Crippen molar-refractivity contribution in [3.8, 4) is 0 Å². The van der Waals surface area contributed by atoms with E-state index in [4.69, 9.17) is 0 Å². The zero-order valence-corrected chi connectivity index (χ0v) is 18.8. The zero-order chi connectivity index (χ0) is 19.2. The highest BCUT2D eigenvalue weighted by molar-refractivity contribution is 5.27. The van der Waals surface area contributed by atoms with E-state index in [0.29, 0.717) is 10.8 Å². The predicted octanol–water partition coefficient (Wildman–Crippen LogP) is 8.34. The fourth-order valence-corrected chi connectivity index (χ4v) is 8.36. The average molecular weight is 369 g/mol. The van der Waals surface area contributed by atoms with E-state index in [1.54, 1.807) is 0 Å². The molecule has 0 heterocycles. The van der Waals surface area contributed by atoms with Gasteiger partial charge in [-0.05, 0) is 112 Å². The van der Waals surface area contributed by atoms with Gasteiger partial charge in [0, 0.05) is 0 Å². The lowest BCUT2D eigenvalue weighted by Gasteiger charge is -2.57. The van der Waals surface area contributed by atoms with Crippen molar-refractivity contribution in [2.24, 2.45) is 40.4 Å². The van der Waals surface area contributed by atoms with Gasteiger partial charge in [-0.3, -0.25) is 0 Å². The monoisotopic (exact) mass is 368 g/mol. The molecule has 7 atom stereocenters. The molecule has 4 aliphatic rings. The minimum absolute atomic E-state index is 0.588. The number of hydrogen-bond donors (Lipinski definition) is 0. The van der Waals surface area contributed by atoms with E-state index in [-0.39, 0.29) is 0 Å². The van der Waals surface area contributed by atoms with E-state index >= 15 is 0 Å². The van der Waals surface area contributed by atoms with Gasteiger partial charge in [-0.1, -0.05) is 56.9 Å². The summed E-state index contributed by atoms with van der Waals surface area (Å²) >= 11 is 0. The molecule has 0 saturated heterocycles. The van der Waals surface area contributed by atoms with Crippen molar-refractivity contribution in [2.75, 3.05) is 0 Å². The molecule has 0 unspecified atom stereocenters. The van der Waals surface area contributed by atoms with Crippen LogP contribution in [0.4, 0.5) is 0 Å². The molecule has 0 aromatic carbocycles. The van der Waals surface area contributed by atoms with E-state index in [0.717, 1.165) is 29.6 Å². The normalized spacial score (nSPS) is 44.6. The molecule has 3 saturated carbocycles. The Labute approximate surface area is 169 Å². The summed E-state index contributed by atoms with van der Waals surface area (Å²) in [6.07, 6.45) is 21.2. The quantitative estimate of drug-likeness (QED) is 0.437. The molecule has 0 aromatic heterocycles. The van der Waals surface area contributed by atoms with Gasteiger partial charge in [0.25, 0.3) is 0 Å². The van der Waals surface area contributed by atoms with Crippen LogP contribution in [0.3, 0.4) is 0 Å². The number of fused-ring (bicyclic) bond motifs is 5. The summed E-state index contributed by atoms with van der Waals surface area (Å²) in [6.45, 7) is 12.4. The first kappa shape index (κ1) is 19.8. The molecule has 0 nitrogen and oxygen atoms in total. The maximum absolute atomic E-state index is 2.78. The Kier molecular flexibility index (Phi) is 5.41. The first-order valence-corrected chi connectivity index (χ1v) is 12.2. The standard InChI is InChI=1S/C27H44/c1-19(2)9-8-10-20(3)23-14-15-24-22-13-12-21-11-6-7-17-26(21,4)25(22)16-18-27(23,24)5/h9,13,20-21,23-25H,6-8,10-12,14-18H2,1-5H3/t20-,21-,23-,24+,25+,26+,27-/m1/s1. The Morgan fingerprint density at radius 1 is 1.04 bits per heavy atom. The highest BCUT2D eigenvalue weighted by atomic mass is 14.6. The van der Waals surface area contributed by atoms with E-state index in [1.807, 2.05) is 5.57 Å². The van der Waals surface area contributed by atoms with Crippen LogP contribution in [0.25, 0.3) is 0 Å². The molecule has 0 bridgehead atoms. The van der Waals surface area contributed by atoms with Crippen molar-refractivity contribution in [1.29, 1.82) is 0 Å². The first-order chi connectivity index (χ1) is 12.9. The third kappa shape index (κ3) is 3.28. The van der Waals surface area contributed by atoms with Crippen molar-refractivity contribution in [1.82, 2.24) is 0 Å². The molecule has 4 rings (SSSR count). The lowest BCUT2D eigenvalue weighted by molar-refractivity contribution is -0.00777. The van der Waals surface area contributed by atoms with Crippen molar-refractivity contribution in [3.05, 3.63) is 23.3 Å². The summed E-state index contributed by atoms with van der Waals surface area (Å²) in [7, 11) is 0. The van der Waals surface area contributed by atoms with Gasteiger partial charge in [0.05, 0.1) is 0 Å². The first-order valence-electron chi connectivity index (χ1n) is 12.2. The highest BCUT2D eigenvalue weighted by Gasteiger charge is 2.57. The summed E-state index contributed by atoms with van der Waals surface area (Å²) < 4.78 is 0. The molecule has 4 aliphatic carbocycles. The Bertz CT molecular complexity index is 606. The smallest absolute Gasteiger partial charge is 0.0143 e. The van der Waals surface area contributed by atoms with Gasteiger partial charge in [-0.2, -0.15) is 0 Å². The maximum Gasteiger partial charge on any atom is -0.0143 e. The van der Waals surface area contributed by atoms with E-state index in [2.05, 4.69) is 46.8 Å². The van der Waals surface area contributed by atoms with Gasteiger partial charge in [-0.15, -0.1) is 0 Å². The second-order valence-corrected chi connectivity index (χ2v) is 11.6. The number of rotatable bonds is 4. The van der Waals surface area contributed by atoms with Crippen LogP contribution in [-0.2, 0) is 0 Å². The molecule has 0 radical (unpaired) electrons. The summed E-state index contributed by atoms with van der Waals surface area (Å²) in [5.41, 5.74) is 4.66. The SMILES string of the molecule is CC(C)=CCC[C@@H](C)[C@H]1CC[C@H]2C3=CC[C@H]4CCCC[C@]4(C)[C@H]3CC[C@]12C. The number of allylic oxidation sites excluding steroid dienone is 4. The Morgan fingerprint density at radius 2 is 1.81 bits per heavy atom. The molecule has 27 heavy (non-hydrogen) atoms. The molecule has 0 aromatic rings. The van der Waals surface area contributed by atoms with Gasteiger partial charge in [0.1, 0.15) is 0 Å². The summed E-state index contributed by atoms with van der Waals surface area (Å²) in [6, 6.07) is 0. The summed E-state index contributed by atoms with van der Waals surface area (Å²) in [5.74, 6) is 4.66. The number of hydrogen-bond acceptors (Lipinski definition) is 0. The lowest BCUT2D eigenvalue weighted by atomic mass is 9.48. The van der Waals surface area contributed by atoms with E-state index in [1.165, 1.54) is 76.2 Å². The van der Waals surface area contributed by atoms with Crippen LogP contribution in [0, 0.1) is 40.4 Å². The molecule has 3 fully saturated rings. The van der Waals surface area contributed by atoms with Crippen molar-refractivity contribution in [3.63, 3.8) is 0 Å². The van der Waals surface area contributed by atoms with E-state index < -0.39 is 0 Å². The highest BCUT2D eigenvalue weighted by Crippen LogP contribution is 2.66. The second kappa shape index (κ2) is 7.38. The van der Waals surface area contributed by atoms with Gasteiger partial charge >= 0.3 is 0 Å². The Hall–Kier alpha value is -0.520. The molecule has 0 N–H and O–H groups in total. The third-order valence-corrected chi connectivity index (χ3v) is 9.93. The van der Waals surface area contributed by atoms with Crippen LogP contribution >= 0.6 is 0 Å². The van der Waals surface area contributed by atoms with Crippen LogP contribution in [0.1, 0.15) is 105 Å². The third-order valence-electron chi connectivity index (χ3n) is 9.93. The van der Waals surface area contributed by atoms with Crippen LogP contribution in [-0.4, -0.2) is 0 Å². The van der Waals surface area contributed by atoms with Crippen molar-refractivity contribution in [2.45, 2.75) is 105 Å². The van der Waals surface area contributed by atoms with Crippen molar-refractivity contribution >= 4 is 0 Å². The molecule has 0 spiro atoms. The fraction of sp³-hybridized carbons (Fsp3) is 0.852. The second-order valence-electron chi connectivity index (χ2n) is 11.6. The van der Waals surface area contributed by atoms with Gasteiger partial charge in [0.15, 0.2) is 0 Å².